The Bertz CT molecular complexity index is 1280. The molecule has 0 atom stereocenters. The van der Waals surface area contributed by atoms with Crippen LogP contribution in [0, 0.1) is 9.49 Å². The first-order chi connectivity index (χ1) is 14.7. The highest BCUT2D eigenvalue weighted by Gasteiger charge is 2.31. The van der Waals surface area contributed by atoms with E-state index < -0.39 is 15.6 Å². The zero-order valence-electron chi connectivity index (χ0n) is 17.2. The number of fused-ring (bicyclic) bond motifs is 1. The standard InChI is InChI=1S/C21H23IN4O4S/c1-12(2)9-10-26-21(28)17(19(27)18(24-26)13-5-3-4-6-13)20-23-15-8-7-14(22)11-16(15)31(29,30)25-20/h5,7-8,11-12,27H,3-4,6,9-10H2,1-2H3,(H,23,25). The molecule has 1 aromatic carbocycles. The maximum absolute atomic E-state index is 13.2. The van der Waals surface area contributed by atoms with E-state index in [1.54, 1.807) is 12.1 Å². The van der Waals surface area contributed by atoms with E-state index in [0.717, 1.165) is 34.8 Å². The van der Waals surface area contributed by atoms with Crippen molar-refractivity contribution in [2.45, 2.75) is 51.0 Å². The summed E-state index contributed by atoms with van der Waals surface area (Å²) >= 11 is 2.03. The summed E-state index contributed by atoms with van der Waals surface area (Å²) in [5.41, 5.74) is 0.735. The lowest BCUT2D eigenvalue weighted by atomic mass is 10.1. The molecule has 2 aliphatic rings. The molecular weight excluding hydrogens is 531 g/mol. The molecule has 0 radical (unpaired) electrons. The number of rotatable bonds is 5. The molecule has 0 unspecified atom stereocenters. The zero-order chi connectivity index (χ0) is 22.3. The van der Waals surface area contributed by atoms with Crippen LogP contribution in [0.3, 0.4) is 0 Å². The van der Waals surface area contributed by atoms with E-state index in [4.69, 9.17) is 0 Å². The van der Waals surface area contributed by atoms with Gasteiger partial charge in [-0.1, -0.05) is 19.9 Å². The Morgan fingerprint density at radius 2 is 2.10 bits per heavy atom. The average Bonchev–Trinajstić information content (AvgIpc) is 3.22. The summed E-state index contributed by atoms with van der Waals surface area (Å²) in [5, 5.41) is 18.4. The molecule has 1 aromatic heterocycles. The molecule has 2 heterocycles. The molecule has 1 aliphatic heterocycles. The number of allylic oxidation sites excluding steroid dienone is 2. The molecule has 2 aromatic rings. The lowest BCUT2D eigenvalue weighted by Gasteiger charge is -2.20. The summed E-state index contributed by atoms with van der Waals surface area (Å²) in [5.74, 6) is -0.175. The third-order valence-electron chi connectivity index (χ3n) is 5.32. The van der Waals surface area contributed by atoms with Crippen LogP contribution in [-0.4, -0.2) is 29.1 Å². The molecule has 0 spiro atoms. The van der Waals surface area contributed by atoms with Crippen LogP contribution in [0.25, 0.3) is 5.57 Å². The monoisotopic (exact) mass is 554 g/mol. The van der Waals surface area contributed by atoms with Crippen LogP contribution in [0.2, 0.25) is 0 Å². The predicted molar refractivity (Wildman–Crippen MR) is 128 cm³/mol. The summed E-state index contributed by atoms with van der Waals surface area (Å²) < 4.78 is 31.6. The highest BCUT2D eigenvalue weighted by molar-refractivity contribution is 14.1. The van der Waals surface area contributed by atoms with Gasteiger partial charge in [-0.05, 0) is 78.0 Å². The number of hydrogen-bond donors (Lipinski definition) is 2. The lowest BCUT2D eigenvalue weighted by Crippen LogP contribution is -2.34. The van der Waals surface area contributed by atoms with Gasteiger partial charge in [-0.25, -0.2) is 4.68 Å². The first-order valence-corrected chi connectivity index (χ1v) is 12.6. The van der Waals surface area contributed by atoms with Crippen molar-refractivity contribution in [3.05, 3.63) is 49.5 Å². The van der Waals surface area contributed by atoms with Gasteiger partial charge in [0, 0.05) is 10.1 Å². The summed E-state index contributed by atoms with van der Waals surface area (Å²) in [6.07, 6.45) is 5.26. The summed E-state index contributed by atoms with van der Waals surface area (Å²) in [6.45, 7) is 4.45. The highest BCUT2D eigenvalue weighted by Crippen LogP contribution is 2.35. The van der Waals surface area contributed by atoms with Crippen LogP contribution in [0.15, 0.2) is 38.4 Å². The molecule has 4 rings (SSSR count). The third-order valence-corrected chi connectivity index (χ3v) is 7.30. The average molecular weight is 554 g/mol. The van der Waals surface area contributed by atoms with Crippen molar-refractivity contribution in [1.82, 2.24) is 9.78 Å². The number of amidine groups is 1. The number of aromatic nitrogens is 2. The fourth-order valence-corrected chi connectivity index (χ4v) is 5.50. The fourth-order valence-electron chi connectivity index (χ4n) is 3.65. The van der Waals surface area contributed by atoms with E-state index in [0.29, 0.717) is 23.8 Å². The van der Waals surface area contributed by atoms with Gasteiger partial charge in [0.05, 0.1) is 5.69 Å². The van der Waals surface area contributed by atoms with Crippen molar-refractivity contribution in [2.75, 3.05) is 5.32 Å². The van der Waals surface area contributed by atoms with Crippen molar-refractivity contribution in [2.24, 2.45) is 10.3 Å². The van der Waals surface area contributed by atoms with Gasteiger partial charge >= 0.3 is 0 Å². The summed E-state index contributed by atoms with van der Waals surface area (Å²) in [7, 11) is -4.04. The first-order valence-electron chi connectivity index (χ1n) is 10.1. The van der Waals surface area contributed by atoms with Gasteiger partial charge in [0.2, 0.25) is 0 Å². The van der Waals surface area contributed by atoms with E-state index in [-0.39, 0.29) is 22.0 Å². The third kappa shape index (κ3) is 4.27. The number of anilines is 1. The Labute approximate surface area is 194 Å². The van der Waals surface area contributed by atoms with Crippen LogP contribution in [0.5, 0.6) is 5.75 Å². The fraction of sp³-hybridized carbons (Fsp3) is 0.381. The molecular formula is C21H23IN4O4S. The Balaban J connectivity index is 1.91. The van der Waals surface area contributed by atoms with Gasteiger partial charge < -0.3 is 10.4 Å². The van der Waals surface area contributed by atoms with E-state index in [1.807, 2.05) is 42.5 Å². The second-order valence-corrected chi connectivity index (χ2v) is 10.9. The molecule has 0 saturated heterocycles. The first kappa shape index (κ1) is 22.0. The van der Waals surface area contributed by atoms with Gasteiger partial charge in [-0.15, -0.1) is 4.40 Å². The number of nitrogens with one attached hydrogen (secondary N) is 1. The number of nitrogens with zero attached hydrogens (tertiary/aromatic N) is 3. The quantitative estimate of drug-likeness (QED) is 0.545. The molecule has 8 nitrogen and oxygen atoms in total. The van der Waals surface area contributed by atoms with Crippen LogP contribution in [0.4, 0.5) is 5.69 Å². The Morgan fingerprint density at radius 3 is 2.77 bits per heavy atom. The minimum Gasteiger partial charge on any atom is -0.505 e. The number of hydrogen-bond acceptors (Lipinski definition) is 6. The molecule has 2 N–H and O–H groups in total. The Hall–Kier alpha value is -2.21. The van der Waals surface area contributed by atoms with Gasteiger partial charge in [-0.2, -0.15) is 13.5 Å². The molecule has 10 heteroatoms. The molecule has 0 saturated carbocycles. The Morgan fingerprint density at radius 1 is 1.32 bits per heavy atom. The van der Waals surface area contributed by atoms with Gasteiger partial charge in [0.15, 0.2) is 11.6 Å². The molecule has 31 heavy (non-hydrogen) atoms. The summed E-state index contributed by atoms with van der Waals surface area (Å²) in [6, 6.07) is 4.90. The number of halogens is 1. The van der Waals surface area contributed by atoms with E-state index >= 15 is 0 Å². The van der Waals surface area contributed by atoms with E-state index in [1.165, 1.54) is 10.7 Å². The number of aromatic hydroxyl groups is 1. The summed E-state index contributed by atoms with van der Waals surface area (Å²) in [4.78, 5) is 13.3. The number of benzene rings is 1. The largest absolute Gasteiger partial charge is 0.505 e. The van der Waals surface area contributed by atoms with Gasteiger partial charge in [0.25, 0.3) is 15.6 Å². The van der Waals surface area contributed by atoms with Crippen LogP contribution in [-0.2, 0) is 16.6 Å². The normalized spacial score (nSPS) is 17.2. The van der Waals surface area contributed by atoms with Crippen molar-refractivity contribution in [3.63, 3.8) is 0 Å². The van der Waals surface area contributed by atoms with Crippen molar-refractivity contribution < 1.29 is 13.5 Å². The van der Waals surface area contributed by atoms with Gasteiger partial charge in [0.1, 0.15) is 16.2 Å². The minimum absolute atomic E-state index is 0.0375. The Kier molecular flexibility index (Phi) is 5.95. The SMILES string of the molecule is CC(C)CCn1nc(C2=CCCC2)c(O)c(C2=NS(=O)(=O)c3cc(I)ccc3N2)c1=O. The second-order valence-electron chi connectivity index (χ2n) is 8.09. The van der Waals surface area contributed by atoms with Crippen molar-refractivity contribution in [3.8, 4) is 5.75 Å². The molecule has 164 valence electrons. The zero-order valence-corrected chi connectivity index (χ0v) is 20.2. The van der Waals surface area contributed by atoms with Crippen LogP contribution < -0.4 is 10.9 Å². The lowest BCUT2D eigenvalue weighted by molar-refractivity contribution is 0.437. The minimum atomic E-state index is -4.04. The van der Waals surface area contributed by atoms with Gasteiger partial charge in [-0.3, -0.25) is 4.79 Å². The maximum Gasteiger partial charge on any atom is 0.286 e. The molecule has 1 aliphatic carbocycles. The van der Waals surface area contributed by atoms with Crippen molar-refractivity contribution in [1.29, 1.82) is 0 Å². The second kappa shape index (κ2) is 8.38. The van der Waals surface area contributed by atoms with Crippen molar-refractivity contribution >= 4 is 49.7 Å². The van der Waals surface area contributed by atoms with Crippen LogP contribution >= 0.6 is 22.6 Å². The predicted octanol–water partition coefficient (Wildman–Crippen LogP) is 3.73. The van der Waals surface area contributed by atoms with E-state index in [2.05, 4.69) is 14.8 Å². The number of aryl methyl sites for hydroxylation is 1. The number of sulfonamides is 1. The topological polar surface area (TPSA) is 114 Å². The van der Waals surface area contributed by atoms with E-state index in [9.17, 15) is 18.3 Å². The highest BCUT2D eigenvalue weighted by atomic mass is 127. The molecule has 0 amide bonds. The molecule has 0 fully saturated rings. The van der Waals surface area contributed by atoms with Crippen LogP contribution in [0.1, 0.15) is 50.8 Å². The maximum atomic E-state index is 13.2. The smallest absolute Gasteiger partial charge is 0.286 e. The molecule has 0 bridgehead atoms.